The molecule has 2 N–H and O–H groups in total. The highest BCUT2D eigenvalue weighted by Crippen LogP contribution is 2.36. The highest BCUT2D eigenvalue weighted by atomic mass is 35.5. The van der Waals surface area contributed by atoms with E-state index in [4.69, 9.17) is 42.8 Å². The summed E-state index contributed by atoms with van der Waals surface area (Å²) in [4.78, 5) is 0. The fraction of sp³-hybridized carbons (Fsp3) is 0.235. The van der Waals surface area contributed by atoms with E-state index >= 15 is 0 Å². The molecule has 0 fully saturated rings. The van der Waals surface area contributed by atoms with Crippen LogP contribution in [0.15, 0.2) is 30.3 Å². The largest absolute Gasteiger partial charge is 0.497 e. The lowest BCUT2D eigenvalue weighted by Crippen LogP contribution is -2.19. The molecule has 8 heteroatoms. The zero-order valence-corrected chi connectivity index (χ0v) is 15.9. The summed E-state index contributed by atoms with van der Waals surface area (Å²) in [7, 11) is 6.26. The number of ether oxygens (including phenoxy) is 4. The van der Waals surface area contributed by atoms with E-state index in [0.717, 1.165) is 0 Å². The van der Waals surface area contributed by atoms with Crippen LogP contribution < -0.4 is 29.6 Å². The topological polar surface area (TPSA) is 61.0 Å². The van der Waals surface area contributed by atoms with Crippen LogP contribution in [0, 0.1) is 0 Å². The smallest absolute Gasteiger partial charge is 0.175 e. The highest BCUT2D eigenvalue weighted by molar-refractivity contribution is 7.80. The number of thiocarbonyl (C=S) groups is 1. The van der Waals surface area contributed by atoms with Gasteiger partial charge in [0.15, 0.2) is 5.11 Å². The number of rotatable bonds is 6. The minimum Gasteiger partial charge on any atom is -0.497 e. The second kappa shape index (κ2) is 8.64. The maximum absolute atomic E-state index is 6.16. The summed E-state index contributed by atoms with van der Waals surface area (Å²) < 4.78 is 21.0. The Morgan fingerprint density at radius 2 is 1.40 bits per heavy atom. The van der Waals surface area contributed by atoms with E-state index in [2.05, 4.69) is 10.6 Å². The Morgan fingerprint density at radius 3 is 1.92 bits per heavy atom. The van der Waals surface area contributed by atoms with Crippen LogP contribution in [0.1, 0.15) is 0 Å². The molecule has 0 unspecified atom stereocenters. The Kier molecular flexibility index (Phi) is 6.55. The molecule has 134 valence electrons. The van der Waals surface area contributed by atoms with Gasteiger partial charge in [0.2, 0.25) is 0 Å². The molecule has 25 heavy (non-hydrogen) atoms. The lowest BCUT2D eigenvalue weighted by atomic mass is 10.2. The number of hydrogen-bond donors (Lipinski definition) is 2. The van der Waals surface area contributed by atoms with Crippen molar-refractivity contribution in [2.45, 2.75) is 0 Å². The first-order valence-corrected chi connectivity index (χ1v) is 8.02. The monoisotopic (exact) mass is 382 g/mol. The van der Waals surface area contributed by atoms with Gasteiger partial charge in [-0.05, 0) is 18.3 Å². The summed E-state index contributed by atoms with van der Waals surface area (Å²) in [6.45, 7) is 0. The molecule has 2 aromatic carbocycles. The van der Waals surface area contributed by atoms with Crippen LogP contribution in [-0.2, 0) is 0 Å². The van der Waals surface area contributed by atoms with Crippen molar-refractivity contribution in [1.29, 1.82) is 0 Å². The number of anilines is 2. The summed E-state index contributed by atoms with van der Waals surface area (Å²) in [5.41, 5.74) is 1.33. The van der Waals surface area contributed by atoms with Gasteiger partial charge in [-0.2, -0.15) is 0 Å². The van der Waals surface area contributed by atoms with E-state index in [-0.39, 0.29) is 0 Å². The van der Waals surface area contributed by atoms with Crippen LogP contribution in [0.3, 0.4) is 0 Å². The molecule has 2 rings (SSSR count). The van der Waals surface area contributed by atoms with E-state index in [1.807, 2.05) is 0 Å². The molecule has 0 aliphatic carbocycles. The van der Waals surface area contributed by atoms with Gasteiger partial charge >= 0.3 is 0 Å². The number of hydrogen-bond acceptors (Lipinski definition) is 5. The Balaban J connectivity index is 2.19. The Bertz CT molecular complexity index is 748. The second-order valence-corrected chi connectivity index (χ2v) is 5.68. The molecular formula is C17H19ClN2O4S. The zero-order valence-electron chi connectivity index (χ0n) is 14.3. The van der Waals surface area contributed by atoms with Crippen LogP contribution in [0.25, 0.3) is 0 Å². The third-order valence-corrected chi connectivity index (χ3v) is 3.83. The third-order valence-electron chi connectivity index (χ3n) is 3.33. The predicted octanol–water partition coefficient (Wildman–Crippen LogP) is 4.18. The van der Waals surface area contributed by atoms with E-state index in [9.17, 15) is 0 Å². The molecule has 0 radical (unpaired) electrons. The standard InChI is InChI=1S/C17H19ClN2O4S/c1-21-11-5-10(6-12(7-11)22-2)19-17(25)20-14-8-13(18)15(23-3)9-16(14)24-4/h5-9H,1-4H3,(H2,19,20,25). The minimum atomic E-state index is 0.356. The Labute approximate surface area is 157 Å². The van der Waals surface area contributed by atoms with Crippen LogP contribution in [0.4, 0.5) is 11.4 Å². The van der Waals surface area contributed by atoms with Gasteiger partial charge in [-0.25, -0.2) is 0 Å². The van der Waals surface area contributed by atoms with Crippen molar-refractivity contribution in [3.8, 4) is 23.0 Å². The second-order valence-electron chi connectivity index (χ2n) is 4.87. The average Bonchev–Trinajstić information content (AvgIpc) is 2.61. The van der Waals surface area contributed by atoms with Gasteiger partial charge in [0.05, 0.1) is 39.1 Å². The fourth-order valence-corrected chi connectivity index (χ4v) is 2.59. The minimum absolute atomic E-state index is 0.356. The molecule has 0 aromatic heterocycles. The molecule has 0 atom stereocenters. The molecule has 0 saturated heterocycles. The predicted molar refractivity (Wildman–Crippen MR) is 104 cm³/mol. The SMILES string of the molecule is COc1cc(NC(=S)Nc2cc(Cl)c(OC)cc2OC)cc(OC)c1. The van der Waals surface area contributed by atoms with Crippen molar-refractivity contribution in [1.82, 2.24) is 0 Å². The Morgan fingerprint density at radius 1 is 0.800 bits per heavy atom. The summed E-state index contributed by atoms with van der Waals surface area (Å²) in [5, 5.41) is 6.92. The first kappa shape index (κ1) is 19.0. The first-order valence-electron chi connectivity index (χ1n) is 7.23. The van der Waals surface area contributed by atoms with Crippen LogP contribution >= 0.6 is 23.8 Å². The maximum Gasteiger partial charge on any atom is 0.175 e. The van der Waals surface area contributed by atoms with Gasteiger partial charge in [0.25, 0.3) is 0 Å². The van der Waals surface area contributed by atoms with Gasteiger partial charge < -0.3 is 29.6 Å². The van der Waals surface area contributed by atoms with Crippen LogP contribution in [0.2, 0.25) is 5.02 Å². The number of halogens is 1. The zero-order chi connectivity index (χ0) is 18.4. The van der Waals surface area contributed by atoms with Crippen molar-refractivity contribution in [2.75, 3.05) is 39.1 Å². The normalized spacial score (nSPS) is 9.96. The quantitative estimate of drug-likeness (QED) is 0.726. The molecule has 0 bridgehead atoms. The van der Waals surface area contributed by atoms with Crippen LogP contribution in [0.5, 0.6) is 23.0 Å². The fourth-order valence-electron chi connectivity index (χ4n) is 2.12. The van der Waals surface area contributed by atoms with Gasteiger partial charge in [0, 0.05) is 30.0 Å². The van der Waals surface area contributed by atoms with Crippen molar-refractivity contribution < 1.29 is 18.9 Å². The summed E-state index contributed by atoms with van der Waals surface area (Å²) >= 11 is 11.5. The van der Waals surface area contributed by atoms with Gasteiger partial charge in [-0.1, -0.05) is 11.6 Å². The lowest BCUT2D eigenvalue weighted by Gasteiger charge is -2.16. The van der Waals surface area contributed by atoms with Crippen LogP contribution in [-0.4, -0.2) is 33.6 Å². The summed E-state index contributed by atoms with van der Waals surface area (Å²) in [6, 6.07) is 8.73. The summed E-state index contributed by atoms with van der Waals surface area (Å²) in [6.07, 6.45) is 0. The van der Waals surface area contributed by atoms with Gasteiger partial charge in [-0.3, -0.25) is 0 Å². The first-order chi connectivity index (χ1) is 12.0. The number of methoxy groups -OCH3 is 4. The maximum atomic E-state index is 6.16. The molecule has 0 aliphatic rings. The van der Waals surface area contributed by atoms with E-state index in [0.29, 0.717) is 44.5 Å². The molecule has 6 nitrogen and oxygen atoms in total. The van der Waals surface area contributed by atoms with Gasteiger partial charge in [-0.15, -0.1) is 0 Å². The Hall–Kier alpha value is -2.38. The summed E-state index contributed by atoms with van der Waals surface area (Å²) in [5.74, 6) is 2.36. The van der Waals surface area contributed by atoms with Gasteiger partial charge in [0.1, 0.15) is 23.0 Å². The molecular weight excluding hydrogens is 364 g/mol. The molecule has 0 spiro atoms. The molecule has 0 amide bonds. The van der Waals surface area contributed by atoms with E-state index < -0.39 is 0 Å². The van der Waals surface area contributed by atoms with E-state index in [1.54, 1.807) is 51.7 Å². The highest BCUT2D eigenvalue weighted by Gasteiger charge is 2.12. The lowest BCUT2D eigenvalue weighted by molar-refractivity contribution is 0.394. The van der Waals surface area contributed by atoms with Crippen molar-refractivity contribution in [3.05, 3.63) is 35.4 Å². The molecule has 0 saturated carbocycles. The average molecular weight is 383 g/mol. The number of benzene rings is 2. The van der Waals surface area contributed by atoms with Crippen molar-refractivity contribution in [2.24, 2.45) is 0 Å². The molecule has 2 aromatic rings. The molecule has 0 heterocycles. The molecule has 0 aliphatic heterocycles. The van der Waals surface area contributed by atoms with Crippen molar-refractivity contribution in [3.63, 3.8) is 0 Å². The third kappa shape index (κ3) is 4.80. The van der Waals surface area contributed by atoms with E-state index in [1.165, 1.54) is 7.11 Å². The number of nitrogens with one attached hydrogen (secondary N) is 2. The van der Waals surface area contributed by atoms with Crippen molar-refractivity contribution >= 4 is 40.3 Å².